The molecular formula is C16H20ClN5O6S2. The molecule has 2 aromatic rings. The van der Waals surface area contributed by atoms with Crippen molar-refractivity contribution in [3.63, 3.8) is 0 Å². The lowest BCUT2D eigenvalue weighted by Crippen LogP contribution is -2.31. The van der Waals surface area contributed by atoms with Gasteiger partial charge >= 0.3 is 0 Å². The number of sulfonamides is 2. The number of nitro groups is 1. The maximum Gasteiger partial charge on any atom is 0.275 e. The van der Waals surface area contributed by atoms with E-state index in [0.29, 0.717) is 13.1 Å². The summed E-state index contributed by atoms with van der Waals surface area (Å²) in [6.07, 6.45) is 1.10. The highest BCUT2D eigenvalue weighted by Crippen LogP contribution is 2.29. The van der Waals surface area contributed by atoms with Gasteiger partial charge in [-0.15, -0.1) is 4.83 Å². The summed E-state index contributed by atoms with van der Waals surface area (Å²) in [5.41, 5.74) is 2.03. The molecule has 0 aliphatic heterocycles. The van der Waals surface area contributed by atoms with E-state index >= 15 is 0 Å². The number of aromatic nitrogens is 1. The minimum atomic E-state index is -4.23. The van der Waals surface area contributed by atoms with Crippen molar-refractivity contribution in [3.8, 4) is 0 Å². The Morgan fingerprint density at radius 3 is 2.27 bits per heavy atom. The molecule has 0 saturated carbocycles. The average Bonchev–Trinajstić information content (AvgIpc) is 2.69. The molecule has 0 radical (unpaired) electrons. The quantitative estimate of drug-likeness (QED) is 0.412. The Morgan fingerprint density at radius 2 is 1.77 bits per heavy atom. The number of nitrogens with one attached hydrogen (secondary N) is 2. The number of nitrogens with zero attached hydrogens (tertiary/aromatic N) is 3. The van der Waals surface area contributed by atoms with Gasteiger partial charge in [0.15, 0.2) is 0 Å². The van der Waals surface area contributed by atoms with Crippen LogP contribution in [-0.2, 0) is 20.0 Å². The van der Waals surface area contributed by atoms with E-state index in [1.807, 2.05) is 4.83 Å². The molecule has 2 N–H and O–H groups in total. The third-order valence-corrected chi connectivity index (χ3v) is 7.84. The van der Waals surface area contributed by atoms with Crippen LogP contribution in [0.5, 0.6) is 0 Å². The first-order valence-electron chi connectivity index (χ1n) is 8.62. The Bertz CT molecular complexity index is 1150. The van der Waals surface area contributed by atoms with E-state index in [9.17, 15) is 26.9 Å². The highest BCUT2D eigenvalue weighted by molar-refractivity contribution is 7.89. The minimum Gasteiger partial charge on any atom is -0.292 e. The van der Waals surface area contributed by atoms with E-state index in [-0.39, 0.29) is 21.3 Å². The standard InChI is InChI=1S/C16H20ClN5O6S2/c1-4-21(5-2)30(27,28)12-6-7-16(18-10-12)19-20-29(25,26)13-8-14(17)11(3)15(9-13)22(23)24/h6-10,20H,4-5H2,1-3H3,(H,18,19). The number of anilines is 1. The van der Waals surface area contributed by atoms with Crippen LogP contribution in [0.1, 0.15) is 19.4 Å². The van der Waals surface area contributed by atoms with E-state index in [1.165, 1.54) is 23.4 Å². The third-order valence-electron chi connectivity index (χ3n) is 4.19. The lowest BCUT2D eigenvalue weighted by Gasteiger charge is -2.18. The van der Waals surface area contributed by atoms with Crippen molar-refractivity contribution in [2.24, 2.45) is 0 Å². The van der Waals surface area contributed by atoms with Crippen molar-refractivity contribution >= 4 is 43.2 Å². The number of hydrazine groups is 1. The highest BCUT2D eigenvalue weighted by atomic mass is 35.5. The Morgan fingerprint density at radius 1 is 1.13 bits per heavy atom. The molecule has 1 aromatic heterocycles. The fourth-order valence-corrected chi connectivity index (χ4v) is 5.06. The third kappa shape index (κ3) is 5.05. The van der Waals surface area contributed by atoms with Crippen LogP contribution in [0.25, 0.3) is 0 Å². The van der Waals surface area contributed by atoms with Gasteiger partial charge in [-0.1, -0.05) is 25.4 Å². The van der Waals surface area contributed by atoms with Gasteiger partial charge in [-0.05, 0) is 25.1 Å². The summed E-state index contributed by atoms with van der Waals surface area (Å²) in [7, 11) is -7.93. The summed E-state index contributed by atoms with van der Waals surface area (Å²) in [5.74, 6) is 0.0183. The average molecular weight is 478 g/mol. The zero-order chi connectivity index (χ0) is 22.7. The molecule has 0 amide bonds. The van der Waals surface area contributed by atoms with Gasteiger partial charge in [0.05, 0.1) is 14.8 Å². The number of nitro benzene ring substituents is 1. The van der Waals surface area contributed by atoms with Gasteiger partial charge < -0.3 is 0 Å². The van der Waals surface area contributed by atoms with Gasteiger partial charge in [0.1, 0.15) is 10.7 Å². The summed E-state index contributed by atoms with van der Waals surface area (Å²) >= 11 is 5.91. The first kappa shape index (κ1) is 24.0. The van der Waals surface area contributed by atoms with E-state index < -0.39 is 35.6 Å². The second-order valence-electron chi connectivity index (χ2n) is 6.01. The van der Waals surface area contributed by atoms with E-state index in [1.54, 1.807) is 13.8 Å². The predicted octanol–water partition coefficient (Wildman–Crippen LogP) is 2.29. The topological polar surface area (TPSA) is 152 Å². The smallest absolute Gasteiger partial charge is 0.275 e. The SMILES string of the molecule is CCN(CC)S(=O)(=O)c1ccc(NNS(=O)(=O)c2cc(Cl)c(C)c([N+](=O)[O-])c2)nc1. The van der Waals surface area contributed by atoms with Crippen molar-refractivity contribution in [1.29, 1.82) is 0 Å². The summed E-state index contributed by atoms with van der Waals surface area (Å²) in [5, 5.41) is 11.0. The minimum absolute atomic E-state index is 0.0183. The first-order valence-corrected chi connectivity index (χ1v) is 11.9. The van der Waals surface area contributed by atoms with E-state index in [2.05, 4.69) is 10.4 Å². The molecule has 1 aromatic carbocycles. The maximum absolute atomic E-state index is 12.5. The molecule has 0 unspecified atom stereocenters. The Labute approximate surface area is 179 Å². The lowest BCUT2D eigenvalue weighted by molar-refractivity contribution is -0.385. The largest absolute Gasteiger partial charge is 0.292 e. The van der Waals surface area contributed by atoms with Crippen LogP contribution in [0.15, 0.2) is 40.3 Å². The van der Waals surface area contributed by atoms with Crippen LogP contribution in [-0.4, -0.2) is 44.1 Å². The van der Waals surface area contributed by atoms with E-state index in [4.69, 9.17) is 11.6 Å². The molecule has 1 heterocycles. The maximum atomic E-state index is 12.5. The number of rotatable bonds is 9. The molecule has 14 heteroatoms. The molecule has 0 atom stereocenters. The van der Waals surface area contributed by atoms with Gasteiger partial charge in [0, 0.05) is 30.9 Å². The van der Waals surface area contributed by atoms with Crippen LogP contribution in [0, 0.1) is 17.0 Å². The molecule has 164 valence electrons. The number of benzene rings is 1. The van der Waals surface area contributed by atoms with Crippen LogP contribution >= 0.6 is 11.6 Å². The van der Waals surface area contributed by atoms with Crippen LogP contribution in [0.2, 0.25) is 5.02 Å². The summed E-state index contributed by atoms with van der Waals surface area (Å²) in [6.45, 7) is 5.41. The van der Waals surface area contributed by atoms with Crippen LogP contribution < -0.4 is 10.3 Å². The fourth-order valence-electron chi connectivity index (χ4n) is 2.48. The van der Waals surface area contributed by atoms with Crippen molar-refractivity contribution in [3.05, 3.63) is 51.2 Å². The highest BCUT2D eigenvalue weighted by Gasteiger charge is 2.24. The fraction of sp³-hybridized carbons (Fsp3) is 0.312. The zero-order valence-electron chi connectivity index (χ0n) is 16.3. The normalized spacial score (nSPS) is 12.2. The van der Waals surface area contributed by atoms with Crippen molar-refractivity contribution in [2.45, 2.75) is 30.6 Å². The molecule has 0 saturated heterocycles. The zero-order valence-corrected chi connectivity index (χ0v) is 18.7. The van der Waals surface area contributed by atoms with Crippen molar-refractivity contribution in [1.82, 2.24) is 14.1 Å². The van der Waals surface area contributed by atoms with Crippen molar-refractivity contribution < 1.29 is 21.8 Å². The predicted molar refractivity (Wildman–Crippen MR) is 111 cm³/mol. The van der Waals surface area contributed by atoms with Gasteiger partial charge in [0.25, 0.3) is 15.7 Å². The number of hydrogen-bond donors (Lipinski definition) is 2. The monoisotopic (exact) mass is 477 g/mol. The molecule has 0 spiro atoms. The number of hydrogen-bond acceptors (Lipinski definition) is 8. The number of pyridine rings is 1. The summed E-state index contributed by atoms with van der Waals surface area (Å²) in [4.78, 5) is 15.8. The Balaban J connectivity index is 2.22. The lowest BCUT2D eigenvalue weighted by atomic mass is 10.2. The molecule has 2 rings (SSSR count). The molecule has 0 bridgehead atoms. The van der Waals surface area contributed by atoms with Gasteiger partial charge in [0.2, 0.25) is 10.0 Å². The molecular weight excluding hydrogens is 458 g/mol. The second kappa shape index (κ2) is 9.22. The van der Waals surface area contributed by atoms with Gasteiger partial charge in [-0.3, -0.25) is 15.5 Å². The van der Waals surface area contributed by atoms with Crippen LogP contribution in [0.4, 0.5) is 11.5 Å². The second-order valence-corrected chi connectivity index (χ2v) is 10.0. The van der Waals surface area contributed by atoms with E-state index in [0.717, 1.165) is 18.3 Å². The van der Waals surface area contributed by atoms with Crippen LogP contribution in [0.3, 0.4) is 0 Å². The molecule has 0 aliphatic rings. The summed E-state index contributed by atoms with van der Waals surface area (Å²) in [6, 6.07) is 4.54. The number of halogens is 1. The summed E-state index contributed by atoms with van der Waals surface area (Å²) < 4.78 is 51.0. The molecule has 30 heavy (non-hydrogen) atoms. The van der Waals surface area contributed by atoms with Gasteiger partial charge in [-0.25, -0.2) is 21.8 Å². The Hall–Kier alpha value is -2.32. The molecule has 0 fully saturated rings. The van der Waals surface area contributed by atoms with Gasteiger partial charge in [-0.2, -0.15) is 4.31 Å². The first-order chi connectivity index (χ1) is 13.9. The Kier molecular flexibility index (Phi) is 7.36. The molecule has 0 aliphatic carbocycles. The van der Waals surface area contributed by atoms with Crippen molar-refractivity contribution in [2.75, 3.05) is 18.5 Å². The molecule has 11 nitrogen and oxygen atoms in total.